The number of hydrogen-bond donors (Lipinski definition) is 3. The number of imidazole rings is 1. The van der Waals surface area contributed by atoms with E-state index < -0.39 is 5.60 Å². The Kier molecular flexibility index (Phi) is 4.02. The van der Waals surface area contributed by atoms with Crippen molar-refractivity contribution in [2.45, 2.75) is 56.7 Å². The Hall–Kier alpha value is -1.92. The minimum atomic E-state index is -0.824. The van der Waals surface area contributed by atoms with Crippen LogP contribution in [0.2, 0.25) is 0 Å². The Bertz CT molecular complexity index is 743. The minimum Gasteiger partial charge on any atom is -0.389 e. The number of fused-ring (bicyclic) bond motifs is 1. The highest BCUT2D eigenvalue weighted by Gasteiger charge is 2.33. The lowest BCUT2D eigenvalue weighted by atomic mass is 9.97. The standard InChI is InChI=1S/C18H23N3O3/c22-16(11-18(23)7-1-2-8-18)19-12-5-6-13-14(10-12)21-17(20-13)15-4-3-9-24-15/h5-6,10,15,23H,1-4,7-9,11H2,(H,19,22)(H,20,21). The van der Waals surface area contributed by atoms with E-state index in [2.05, 4.69) is 15.3 Å². The number of hydrogen-bond acceptors (Lipinski definition) is 4. The molecule has 6 nitrogen and oxygen atoms in total. The number of rotatable bonds is 4. The van der Waals surface area contributed by atoms with Crippen molar-refractivity contribution in [2.75, 3.05) is 11.9 Å². The minimum absolute atomic E-state index is 0.0482. The van der Waals surface area contributed by atoms with Crippen molar-refractivity contribution in [1.82, 2.24) is 9.97 Å². The zero-order valence-corrected chi connectivity index (χ0v) is 13.7. The normalized spacial score (nSPS) is 23.0. The molecule has 1 unspecified atom stereocenters. The maximum Gasteiger partial charge on any atom is 0.227 e. The van der Waals surface area contributed by atoms with Gasteiger partial charge in [0.25, 0.3) is 0 Å². The molecular weight excluding hydrogens is 306 g/mol. The summed E-state index contributed by atoms with van der Waals surface area (Å²) in [7, 11) is 0. The van der Waals surface area contributed by atoms with Gasteiger partial charge < -0.3 is 20.1 Å². The van der Waals surface area contributed by atoms with Gasteiger partial charge in [0.1, 0.15) is 11.9 Å². The Labute approximate surface area is 140 Å². The highest BCUT2D eigenvalue weighted by molar-refractivity contribution is 5.93. The molecule has 1 aromatic heterocycles. The van der Waals surface area contributed by atoms with E-state index in [1.54, 1.807) is 0 Å². The molecule has 2 aromatic rings. The number of H-pyrrole nitrogens is 1. The van der Waals surface area contributed by atoms with Crippen LogP contribution in [0.4, 0.5) is 5.69 Å². The van der Waals surface area contributed by atoms with Gasteiger partial charge in [-0.1, -0.05) is 12.8 Å². The topological polar surface area (TPSA) is 87.2 Å². The van der Waals surface area contributed by atoms with Crippen molar-refractivity contribution < 1.29 is 14.6 Å². The third kappa shape index (κ3) is 3.16. The number of aliphatic hydroxyl groups is 1. The van der Waals surface area contributed by atoms with Crippen molar-refractivity contribution in [2.24, 2.45) is 0 Å². The molecule has 0 bridgehead atoms. The molecule has 1 saturated carbocycles. The van der Waals surface area contributed by atoms with Gasteiger partial charge >= 0.3 is 0 Å². The van der Waals surface area contributed by atoms with Crippen LogP contribution < -0.4 is 5.32 Å². The van der Waals surface area contributed by atoms with Gasteiger partial charge in [0.05, 0.1) is 23.1 Å². The fourth-order valence-corrected chi connectivity index (χ4v) is 3.77. The number of ether oxygens (including phenoxy) is 1. The largest absolute Gasteiger partial charge is 0.389 e. The van der Waals surface area contributed by atoms with Gasteiger partial charge in [-0.05, 0) is 43.9 Å². The van der Waals surface area contributed by atoms with E-state index in [1.807, 2.05) is 18.2 Å². The van der Waals surface area contributed by atoms with E-state index in [9.17, 15) is 9.90 Å². The van der Waals surface area contributed by atoms with Crippen LogP contribution >= 0.6 is 0 Å². The zero-order valence-electron chi connectivity index (χ0n) is 13.7. The summed E-state index contributed by atoms with van der Waals surface area (Å²) in [5.41, 5.74) is 1.65. The van der Waals surface area contributed by atoms with Crippen molar-refractivity contribution >= 4 is 22.6 Å². The van der Waals surface area contributed by atoms with E-state index in [0.717, 1.165) is 54.8 Å². The Morgan fingerprint density at radius 1 is 1.38 bits per heavy atom. The number of carbonyl (C=O) groups excluding carboxylic acids is 1. The summed E-state index contributed by atoms with van der Waals surface area (Å²) in [4.78, 5) is 20.1. The third-order valence-corrected chi connectivity index (χ3v) is 5.04. The molecule has 24 heavy (non-hydrogen) atoms. The van der Waals surface area contributed by atoms with Crippen molar-refractivity contribution in [1.29, 1.82) is 0 Å². The lowest BCUT2D eigenvalue weighted by molar-refractivity contribution is -0.120. The molecule has 1 aliphatic heterocycles. The van der Waals surface area contributed by atoms with Crippen LogP contribution in [-0.4, -0.2) is 33.2 Å². The van der Waals surface area contributed by atoms with E-state index in [1.165, 1.54) is 0 Å². The average Bonchev–Trinajstić information content (AvgIpc) is 3.25. The van der Waals surface area contributed by atoms with Crippen molar-refractivity contribution in [3.8, 4) is 0 Å². The Morgan fingerprint density at radius 2 is 2.21 bits per heavy atom. The zero-order chi connectivity index (χ0) is 16.6. The van der Waals surface area contributed by atoms with Gasteiger partial charge in [-0.25, -0.2) is 4.98 Å². The second-order valence-corrected chi connectivity index (χ2v) is 7.01. The highest BCUT2D eigenvalue weighted by Crippen LogP contribution is 2.33. The molecule has 2 heterocycles. The van der Waals surface area contributed by atoms with Gasteiger partial charge in [-0.15, -0.1) is 0 Å². The van der Waals surface area contributed by atoms with Gasteiger partial charge in [-0.3, -0.25) is 4.79 Å². The molecule has 1 saturated heterocycles. The van der Waals surface area contributed by atoms with Crippen LogP contribution in [0.3, 0.4) is 0 Å². The molecule has 0 radical (unpaired) electrons. The summed E-state index contributed by atoms with van der Waals surface area (Å²) in [6.45, 7) is 0.784. The summed E-state index contributed by atoms with van der Waals surface area (Å²) in [5.74, 6) is 0.712. The molecule has 1 aliphatic carbocycles. The number of nitrogens with zero attached hydrogens (tertiary/aromatic N) is 1. The van der Waals surface area contributed by atoms with Crippen molar-refractivity contribution in [3.63, 3.8) is 0 Å². The lowest BCUT2D eigenvalue weighted by Crippen LogP contribution is -2.30. The predicted octanol–water partition coefficient (Wildman–Crippen LogP) is 3.05. The summed E-state index contributed by atoms with van der Waals surface area (Å²) >= 11 is 0. The number of carbonyl (C=O) groups is 1. The fourth-order valence-electron chi connectivity index (χ4n) is 3.77. The molecule has 1 aromatic carbocycles. The highest BCUT2D eigenvalue weighted by atomic mass is 16.5. The monoisotopic (exact) mass is 329 g/mol. The van der Waals surface area contributed by atoms with Crippen molar-refractivity contribution in [3.05, 3.63) is 24.0 Å². The number of anilines is 1. The molecule has 1 amide bonds. The van der Waals surface area contributed by atoms with E-state index in [-0.39, 0.29) is 18.4 Å². The maximum absolute atomic E-state index is 12.2. The van der Waals surface area contributed by atoms with Crippen LogP contribution in [-0.2, 0) is 9.53 Å². The van der Waals surface area contributed by atoms with E-state index in [0.29, 0.717) is 12.8 Å². The molecule has 2 aliphatic rings. The van der Waals surface area contributed by atoms with Crippen LogP contribution in [0.5, 0.6) is 0 Å². The molecule has 6 heteroatoms. The molecular formula is C18H23N3O3. The number of amides is 1. The van der Waals surface area contributed by atoms with Crippen LogP contribution in [0.1, 0.15) is 56.9 Å². The number of aromatic nitrogens is 2. The fraction of sp³-hybridized carbons (Fsp3) is 0.556. The Morgan fingerprint density at radius 3 is 2.96 bits per heavy atom. The number of benzene rings is 1. The first-order chi connectivity index (χ1) is 11.6. The van der Waals surface area contributed by atoms with E-state index in [4.69, 9.17) is 4.74 Å². The van der Waals surface area contributed by atoms with E-state index >= 15 is 0 Å². The SMILES string of the molecule is O=C(CC1(O)CCCC1)Nc1ccc2nc(C3CCCO3)[nH]c2c1. The maximum atomic E-state index is 12.2. The first-order valence-corrected chi connectivity index (χ1v) is 8.75. The van der Waals surface area contributed by atoms with Crippen LogP contribution in [0, 0.1) is 0 Å². The molecule has 2 fully saturated rings. The molecule has 4 rings (SSSR count). The average molecular weight is 329 g/mol. The molecule has 0 spiro atoms. The quantitative estimate of drug-likeness (QED) is 0.804. The first-order valence-electron chi connectivity index (χ1n) is 8.75. The van der Waals surface area contributed by atoms with Gasteiger partial charge in [0, 0.05) is 12.3 Å². The summed E-state index contributed by atoms with van der Waals surface area (Å²) < 4.78 is 5.66. The molecule has 128 valence electrons. The summed E-state index contributed by atoms with van der Waals surface area (Å²) in [5, 5.41) is 13.2. The lowest BCUT2D eigenvalue weighted by Gasteiger charge is -2.21. The number of nitrogens with one attached hydrogen (secondary N) is 2. The van der Waals surface area contributed by atoms with Gasteiger partial charge in [-0.2, -0.15) is 0 Å². The smallest absolute Gasteiger partial charge is 0.227 e. The summed E-state index contributed by atoms with van der Waals surface area (Å²) in [6.07, 6.45) is 5.68. The van der Waals surface area contributed by atoms with Crippen LogP contribution in [0.25, 0.3) is 11.0 Å². The molecule has 3 N–H and O–H groups in total. The number of aromatic amines is 1. The summed E-state index contributed by atoms with van der Waals surface area (Å²) in [6, 6.07) is 5.63. The van der Waals surface area contributed by atoms with Gasteiger partial charge in [0.15, 0.2) is 0 Å². The molecule has 1 atom stereocenters. The first kappa shape index (κ1) is 15.6. The van der Waals surface area contributed by atoms with Crippen LogP contribution in [0.15, 0.2) is 18.2 Å². The third-order valence-electron chi connectivity index (χ3n) is 5.04. The Balaban J connectivity index is 1.47. The predicted molar refractivity (Wildman–Crippen MR) is 90.7 cm³/mol. The van der Waals surface area contributed by atoms with Gasteiger partial charge in [0.2, 0.25) is 5.91 Å². The second kappa shape index (κ2) is 6.18. The second-order valence-electron chi connectivity index (χ2n) is 7.01.